The van der Waals surface area contributed by atoms with Crippen LogP contribution in [-0.2, 0) is 16.1 Å². The minimum absolute atomic E-state index is 0.121. The molecule has 0 aliphatic rings. The molecule has 11 nitrogen and oxygen atoms in total. The zero-order valence-corrected chi connectivity index (χ0v) is 19.8. The molecule has 1 aromatic heterocycles. The Morgan fingerprint density at radius 3 is 2.50 bits per heavy atom. The number of amides is 1. The number of methoxy groups -OCH3 is 1. The highest BCUT2D eigenvalue weighted by Gasteiger charge is 2.25. The number of esters is 1. The number of nitrogens with zero attached hydrogens (tertiary/aromatic N) is 2. The van der Waals surface area contributed by atoms with Gasteiger partial charge in [-0.25, -0.2) is 9.59 Å². The number of unbranched alkanes of at least 4 members (excludes halogenated alkanes) is 3. The fourth-order valence-corrected chi connectivity index (χ4v) is 3.35. The Morgan fingerprint density at radius 2 is 1.85 bits per heavy atom. The second-order valence-electron chi connectivity index (χ2n) is 7.71. The standard InChI is InChI=1S/C23H32N4O7/c1-4-6-8-12-26(19-20(24)27(11-7-5-2)23(32)25-21(19)30)18(29)14-34-22(31)16-13-15(33-3)9-10-17(16)28/h9-10,13,28H,4-8,11-12,14,24H2,1-3H3,(H,25,30,32). The second-order valence-corrected chi connectivity index (χ2v) is 7.71. The van der Waals surface area contributed by atoms with E-state index in [2.05, 4.69) is 4.98 Å². The largest absolute Gasteiger partial charge is 0.507 e. The van der Waals surface area contributed by atoms with Crippen LogP contribution >= 0.6 is 0 Å². The monoisotopic (exact) mass is 476 g/mol. The number of hydrogen-bond acceptors (Lipinski definition) is 8. The fraction of sp³-hybridized carbons (Fsp3) is 0.478. The number of nitrogen functional groups attached to an aromatic ring is 1. The van der Waals surface area contributed by atoms with Crippen molar-refractivity contribution in [3.8, 4) is 11.5 Å². The molecule has 0 unspecified atom stereocenters. The average molecular weight is 477 g/mol. The number of aromatic hydroxyl groups is 1. The summed E-state index contributed by atoms with van der Waals surface area (Å²) < 4.78 is 11.4. The maximum absolute atomic E-state index is 13.1. The van der Waals surface area contributed by atoms with Crippen LogP contribution in [0.2, 0.25) is 0 Å². The van der Waals surface area contributed by atoms with Gasteiger partial charge in [0.05, 0.1) is 7.11 Å². The number of ether oxygens (including phenoxy) is 2. The molecule has 34 heavy (non-hydrogen) atoms. The predicted molar refractivity (Wildman–Crippen MR) is 127 cm³/mol. The molecule has 0 fully saturated rings. The zero-order chi connectivity index (χ0) is 25.3. The molecule has 0 bridgehead atoms. The number of nitrogens with one attached hydrogen (secondary N) is 1. The van der Waals surface area contributed by atoms with Crippen LogP contribution in [0.1, 0.15) is 56.3 Å². The molecule has 2 aromatic rings. The van der Waals surface area contributed by atoms with Crippen molar-refractivity contribution in [1.29, 1.82) is 0 Å². The van der Waals surface area contributed by atoms with E-state index in [1.54, 1.807) is 0 Å². The number of nitrogens with two attached hydrogens (primary N) is 1. The van der Waals surface area contributed by atoms with Crippen molar-refractivity contribution in [3.63, 3.8) is 0 Å². The van der Waals surface area contributed by atoms with Crippen LogP contribution in [0.3, 0.4) is 0 Å². The average Bonchev–Trinajstić information content (AvgIpc) is 2.81. The van der Waals surface area contributed by atoms with Gasteiger partial charge in [0.1, 0.15) is 22.9 Å². The van der Waals surface area contributed by atoms with Crippen LogP contribution in [0.15, 0.2) is 27.8 Å². The molecule has 186 valence electrons. The molecule has 0 saturated heterocycles. The van der Waals surface area contributed by atoms with Crippen molar-refractivity contribution in [2.45, 2.75) is 52.5 Å². The molecule has 0 aliphatic heterocycles. The van der Waals surface area contributed by atoms with Crippen LogP contribution in [0, 0.1) is 0 Å². The number of carbonyl (C=O) groups is 2. The molecule has 1 heterocycles. The maximum atomic E-state index is 13.1. The quantitative estimate of drug-likeness (QED) is 0.310. The van der Waals surface area contributed by atoms with E-state index in [0.29, 0.717) is 18.6 Å². The third-order valence-corrected chi connectivity index (χ3v) is 5.26. The fourth-order valence-electron chi connectivity index (χ4n) is 3.35. The minimum Gasteiger partial charge on any atom is -0.507 e. The molecule has 2 rings (SSSR count). The predicted octanol–water partition coefficient (Wildman–Crippen LogP) is 2.01. The molecule has 0 aliphatic carbocycles. The van der Waals surface area contributed by atoms with Crippen LogP contribution in [0.4, 0.5) is 11.5 Å². The van der Waals surface area contributed by atoms with Crippen LogP contribution in [0.5, 0.6) is 11.5 Å². The Hall–Kier alpha value is -3.76. The zero-order valence-electron chi connectivity index (χ0n) is 19.8. The van der Waals surface area contributed by atoms with Gasteiger partial charge in [0.2, 0.25) is 0 Å². The van der Waals surface area contributed by atoms with Crippen molar-refractivity contribution in [2.24, 2.45) is 0 Å². The van der Waals surface area contributed by atoms with Crippen molar-refractivity contribution in [1.82, 2.24) is 9.55 Å². The lowest BCUT2D eigenvalue weighted by Gasteiger charge is -2.24. The number of benzene rings is 1. The molecule has 0 spiro atoms. The van der Waals surface area contributed by atoms with Gasteiger partial charge < -0.3 is 25.2 Å². The van der Waals surface area contributed by atoms with E-state index in [-0.39, 0.29) is 35.9 Å². The lowest BCUT2D eigenvalue weighted by molar-refractivity contribution is -0.121. The highest BCUT2D eigenvalue weighted by atomic mass is 16.5. The Labute approximate surface area is 197 Å². The molecule has 0 radical (unpaired) electrons. The molecule has 0 saturated carbocycles. The summed E-state index contributed by atoms with van der Waals surface area (Å²) in [6.45, 7) is 3.66. The van der Waals surface area contributed by atoms with E-state index in [4.69, 9.17) is 15.2 Å². The lowest BCUT2D eigenvalue weighted by Crippen LogP contribution is -2.43. The molecule has 0 atom stereocenters. The van der Waals surface area contributed by atoms with Crippen molar-refractivity contribution in [2.75, 3.05) is 30.9 Å². The van der Waals surface area contributed by atoms with Gasteiger partial charge in [0.15, 0.2) is 12.3 Å². The normalized spacial score (nSPS) is 10.7. The number of aromatic nitrogens is 2. The summed E-state index contributed by atoms with van der Waals surface area (Å²) in [5, 5.41) is 9.95. The minimum atomic E-state index is -0.937. The van der Waals surface area contributed by atoms with Crippen molar-refractivity contribution >= 4 is 23.4 Å². The summed E-state index contributed by atoms with van der Waals surface area (Å²) in [7, 11) is 1.40. The Morgan fingerprint density at radius 1 is 1.15 bits per heavy atom. The summed E-state index contributed by atoms with van der Waals surface area (Å²) in [5.41, 5.74) is 4.39. The third-order valence-electron chi connectivity index (χ3n) is 5.26. The molecule has 1 amide bonds. The first-order valence-electron chi connectivity index (χ1n) is 11.2. The number of carbonyl (C=O) groups excluding carboxylic acids is 2. The number of hydrogen-bond donors (Lipinski definition) is 3. The number of phenolic OH excluding ortho intramolecular Hbond substituents is 1. The van der Waals surface area contributed by atoms with Gasteiger partial charge in [0.25, 0.3) is 11.5 Å². The van der Waals surface area contributed by atoms with Crippen LogP contribution in [-0.4, -0.2) is 46.8 Å². The third kappa shape index (κ3) is 6.40. The first kappa shape index (κ1) is 26.5. The maximum Gasteiger partial charge on any atom is 0.342 e. The topological polar surface area (TPSA) is 157 Å². The Bertz CT molecular complexity index is 1120. The van der Waals surface area contributed by atoms with E-state index in [0.717, 1.165) is 24.2 Å². The lowest BCUT2D eigenvalue weighted by atomic mass is 10.2. The van der Waals surface area contributed by atoms with Crippen molar-refractivity contribution < 1.29 is 24.2 Å². The summed E-state index contributed by atoms with van der Waals surface area (Å²) in [6, 6.07) is 4.02. The van der Waals surface area contributed by atoms with Crippen LogP contribution in [0.25, 0.3) is 0 Å². The summed E-state index contributed by atoms with van der Waals surface area (Å²) in [5.74, 6) is -1.76. The highest BCUT2D eigenvalue weighted by Crippen LogP contribution is 2.24. The van der Waals surface area contributed by atoms with Crippen LogP contribution < -0.4 is 26.6 Å². The van der Waals surface area contributed by atoms with E-state index in [9.17, 15) is 24.3 Å². The Kier molecular flexibility index (Phi) is 9.72. The van der Waals surface area contributed by atoms with E-state index >= 15 is 0 Å². The van der Waals surface area contributed by atoms with Gasteiger partial charge in [-0.15, -0.1) is 0 Å². The molecule has 4 N–H and O–H groups in total. The van der Waals surface area contributed by atoms with Crippen molar-refractivity contribution in [3.05, 3.63) is 44.6 Å². The number of aromatic amines is 1. The molecule has 11 heteroatoms. The highest BCUT2D eigenvalue weighted by molar-refractivity contribution is 5.99. The number of rotatable bonds is 12. The Balaban J connectivity index is 2.33. The molecule has 1 aromatic carbocycles. The SMILES string of the molecule is CCCCCN(C(=O)COC(=O)c1cc(OC)ccc1O)c1c(N)n(CCCC)c(=O)[nH]c1=O. The molecular formula is C23H32N4O7. The summed E-state index contributed by atoms with van der Waals surface area (Å²) >= 11 is 0. The summed E-state index contributed by atoms with van der Waals surface area (Å²) in [6.07, 6.45) is 3.68. The van der Waals surface area contributed by atoms with Gasteiger partial charge in [0, 0.05) is 13.1 Å². The van der Waals surface area contributed by atoms with E-state index in [1.165, 1.54) is 29.9 Å². The van der Waals surface area contributed by atoms with E-state index in [1.807, 2.05) is 13.8 Å². The van der Waals surface area contributed by atoms with Gasteiger partial charge in [-0.1, -0.05) is 33.1 Å². The van der Waals surface area contributed by atoms with Gasteiger partial charge in [-0.2, -0.15) is 0 Å². The first-order chi connectivity index (χ1) is 16.2. The first-order valence-corrected chi connectivity index (χ1v) is 11.2. The van der Waals surface area contributed by atoms with E-state index < -0.39 is 29.7 Å². The van der Waals surface area contributed by atoms with Gasteiger partial charge in [-0.3, -0.25) is 19.1 Å². The number of H-pyrrole nitrogens is 1. The van der Waals surface area contributed by atoms with Gasteiger partial charge >= 0.3 is 11.7 Å². The smallest absolute Gasteiger partial charge is 0.342 e. The molecular weight excluding hydrogens is 444 g/mol. The van der Waals surface area contributed by atoms with Gasteiger partial charge in [-0.05, 0) is 31.0 Å². The summed E-state index contributed by atoms with van der Waals surface area (Å²) in [4.78, 5) is 53.8. The number of anilines is 2. The number of phenols is 1. The second kappa shape index (κ2) is 12.5.